The molecule has 0 bridgehead atoms. The van der Waals surface area contributed by atoms with Crippen LogP contribution in [0.5, 0.6) is 0 Å². The van der Waals surface area contributed by atoms with Gasteiger partial charge in [0.05, 0.1) is 4.47 Å². The fourth-order valence-electron chi connectivity index (χ4n) is 2.87. The Labute approximate surface area is 128 Å². The van der Waals surface area contributed by atoms with Gasteiger partial charge in [-0.2, -0.15) is 0 Å². The van der Waals surface area contributed by atoms with Crippen molar-refractivity contribution in [1.82, 2.24) is 10.2 Å². The SMILES string of the molecule is CC(C)(CO)[C@@H](c1cccc(Br)c1F)N1CCNCC1. The Hall–Kier alpha value is -0.490. The first-order chi connectivity index (χ1) is 9.47. The van der Waals surface area contributed by atoms with Gasteiger partial charge in [0.2, 0.25) is 0 Å². The quantitative estimate of drug-likeness (QED) is 0.881. The van der Waals surface area contributed by atoms with Crippen molar-refractivity contribution in [2.75, 3.05) is 32.8 Å². The molecule has 0 amide bonds. The number of nitrogens with one attached hydrogen (secondary N) is 1. The van der Waals surface area contributed by atoms with Gasteiger partial charge in [-0.15, -0.1) is 0 Å². The highest BCUT2D eigenvalue weighted by Gasteiger charge is 2.37. The van der Waals surface area contributed by atoms with E-state index in [-0.39, 0.29) is 18.5 Å². The molecule has 2 N–H and O–H groups in total. The van der Waals surface area contributed by atoms with Gasteiger partial charge < -0.3 is 10.4 Å². The van der Waals surface area contributed by atoms with Crippen molar-refractivity contribution in [3.05, 3.63) is 34.1 Å². The fraction of sp³-hybridized carbons (Fsp3) is 0.600. The number of hydrogen-bond donors (Lipinski definition) is 2. The Kier molecular flexibility index (Phi) is 5.18. The maximum absolute atomic E-state index is 14.5. The zero-order chi connectivity index (χ0) is 14.8. The molecule has 0 unspecified atom stereocenters. The molecule has 1 aliphatic heterocycles. The molecule has 0 aliphatic carbocycles. The number of piperazine rings is 1. The fourth-order valence-corrected chi connectivity index (χ4v) is 3.25. The highest BCUT2D eigenvalue weighted by Crippen LogP contribution is 2.40. The second-order valence-electron chi connectivity index (χ2n) is 5.98. The van der Waals surface area contributed by atoms with Gasteiger partial charge in [0.1, 0.15) is 5.82 Å². The number of rotatable bonds is 4. The van der Waals surface area contributed by atoms with Crippen LogP contribution in [0.1, 0.15) is 25.5 Å². The van der Waals surface area contributed by atoms with E-state index in [0.29, 0.717) is 10.0 Å². The second-order valence-corrected chi connectivity index (χ2v) is 6.83. The highest BCUT2D eigenvalue weighted by atomic mass is 79.9. The van der Waals surface area contributed by atoms with Crippen molar-refractivity contribution in [2.24, 2.45) is 5.41 Å². The van der Waals surface area contributed by atoms with Crippen LogP contribution in [0, 0.1) is 11.2 Å². The summed E-state index contributed by atoms with van der Waals surface area (Å²) in [6.07, 6.45) is 0. The van der Waals surface area contributed by atoms with E-state index in [2.05, 4.69) is 26.1 Å². The summed E-state index contributed by atoms with van der Waals surface area (Å²) >= 11 is 3.26. The lowest BCUT2D eigenvalue weighted by atomic mass is 9.79. The van der Waals surface area contributed by atoms with Gasteiger partial charge in [-0.1, -0.05) is 26.0 Å². The van der Waals surface area contributed by atoms with Crippen molar-refractivity contribution < 1.29 is 9.50 Å². The van der Waals surface area contributed by atoms with Crippen LogP contribution >= 0.6 is 15.9 Å². The second kappa shape index (κ2) is 6.52. The van der Waals surface area contributed by atoms with Gasteiger partial charge in [-0.05, 0) is 22.0 Å². The van der Waals surface area contributed by atoms with Crippen LogP contribution in [-0.2, 0) is 0 Å². The molecule has 0 radical (unpaired) electrons. The van der Waals surface area contributed by atoms with Crippen LogP contribution in [0.3, 0.4) is 0 Å². The molecule has 112 valence electrons. The summed E-state index contributed by atoms with van der Waals surface area (Å²) in [5, 5.41) is 13.0. The van der Waals surface area contributed by atoms with E-state index in [0.717, 1.165) is 26.2 Å². The molecule has 1 aliphatic rings. The Morgan fingerprint density at radius 2 is 2.05 bits per heavy atom. The first-order valence-electron chi connectivity index (χ1n) is 6.97. The molecule has 3 nitrogen and oxygen atoms in total. The third-order valence-electron chi connectivity index (χ3n) is 3.94. The summed E-state index contributed by atoms with van der Waals surface area (Å²) in [5.74, 6) is -0.224. The van der Waals surface area contributed by atoms with Crippen molar-refractivity contribution in [3.63, 3.8) is 0 Å². The van der Waals surface area contributed by atoms with Crippen molar-refractivity contribution >= 4 is 15.9 Å². The predicted molar refractivity (Wildman–Crippen MR) is 82.2 cm³/mol. The molecule has 20 heavy (non-hydrogen) atoms. The summed E-state index contributed by atoms with van der Waals surface area (Å²) in [6.45, 7) is 7.51. The van der Waals surface area contributed by atoms with E-state index in [4.69, 9.17) is 0 Å². The van der Waals surface area contributed by atoms with E-state index >= 15 is 0 Å². The van der Waals surface area contributed by atoms with Crippen molar-refractivity contribution in [2.45, 2.75) is 19.9 Å². The zero-order valence-corrected chi connectivity index (χ0v) is 13.6. The number of aliphatic hydroxyl groups is 1. The first kappa shape index (κ1) is 15.9. The Balaban J connectivity index is 2.42. The lowest BCUT2D eigenvalue weighted by molar-refractivity contribution is 0.0286. The van der Waals surface area contributed by atoms with Gasteiger partial charge >= 0.3 is 0 Å². The summed E-state index contributed by atoms with van der Waals surface area (Å²) in [7, 11) is 0. The van der Waals surface area contributed by atoms with Crippen LogP contribution in [0.4, 0.5) is 4.39 Å². The number of benzene rings is 1. The van der Waals surface area contributed by atoms with Gasteiger partial charge in [0.25, 0.3) is 0 Å². The minimum atomic E-state index is -0.404. The summed E-state index contributed by atoms with van der Waals surface area (Å²) in [4.78, 5) is 2.26. The molecule has 1 fully saturated rings. The predicted octanol–water partition coefficient (Wildman–Crippen LogP) is 2.55. The third kappa shape index (κ3) is 3.22. The largest absolute Gasteiger partial charge is 0.396 e. The lowest BCUT2D eigenvalue weighted by Crippen LogP contribution is -2.49. The number of halogens is 2. The van der Waals surface area contributed by atoms with Gasteiger partial charge in [0, 0.05) is 49.8 Å². The topological polar surface area (TPSA) is 35.5 Å². The molecule has 1 heterocycles. The summed E-state index contributed by atoms with van der Waals surface area (Å²) in [5.41, 5.74) is 0.249. The van der Waals surface area contributed by atoms with Crippen LogP contribution in [0.2, 0.25) is 0 Å². The monoisotopic (exact) mass is 344 g/mol. The summed E-state index contributed by atoms with van der Waals surface area (Å²) in [6, 6.07) is 5.25. The number of aliphatic hydroxyl groups excluding tert-OH is 1. The van der Waals surface area contributed by atoms with E-state index in [1.54, 1.807) is 6.07 Å². The average molecular weight is 345 g/mol. The molecule has 1 aromatic carbocycles. The van der Waals surface area contributed by atoms with Crippen LogP contribution in [0.25, 0.3) is 0 Å². The molecule has 1 saturated heterocycles. The van der Waals surface area contributed by atoms with Gasteiger partial charge in [-0.25, -0.2) is 4.39 Å². The Morgan fingerprint density at radius 3 is 2.65 bits per heavy atom. The third-order valence-corrected chi connectivity index (χ3v) is 4.55. The van der Waals surface area contributed by atoms with Crippen LogP contribution < -0.4 is 5.32 Å². The molecule has 1 aromatic rings. The van der Waals surface area contributed by atoms with Gasteiger partial charge in [0.15, 0.2) is 0 Å². The Bertz CT molecular complexity index is 461. The number of hydrogen-bond acceptors (Lipinski definition) is 3. The maximum atomic E-state index is 14.5. The minimum absolute atomic E-state index is 0.0214. The van der Waals surface area contributed by atoms with E-state index in [1.165, 1.54) is 0 Å². The molecule has 5 heteroatoms. The standard InChI is InChI=1S/C15H22BrFN2O/c1-15(2,10-20)14(19-8-6-18-7-9-19)11-4-3-5-12(16)13(11)17/h3-5,14,18,20H,6-10H2,1-2H3/t14-/m1/s1. The van der Waals surface area contributed by atoms with Crippen molar-refractivity contribution in [1.29, 1.82) is 0 Å². The molecule has 1 atom stereocenters. The lowest BCUT2D eigenvalue weighted by Gasteiger charge is -2.43. The molecule has 2 rings (SSSR count). The molecular formula is C15H22BrFN2O. The number of nitrogens with zero attached hydrogens (tertiary/aromatic N) is 1. The van der Waals surface area contributed by atoms with Crippen LogP contribution in [0.15, 0.2) is 22.7 Å². The van der Waals surface area contributed by atoms with Gasteiger partial charge in [-0.3, -0.25) is 4.90 Å². The minimum Gasteiger partial charge on any atom is -0.396 e. The zero-order valence-electron chi connectivity index (χ0n) is 12.0. The first-order valence-corrected chi connectivity index (χ1v) is 7.76. The van der Waals surface area contributed by atoms with Crippen molar-refractivity contribution in [3.8, 4) is 0 Å². The Morgan fingerprint density at radius 1 is 1.40 bits per heavy atom. The summed E-state index contributed by atoms with van der Waals surface area (Å²) < 4.78 is 15.0. The average Bonchev–Trinajstić information content (AvgIpc) is 2.45. The normalized spacial score (nSPS) is 19.1. The van der Waals surface area contributed by atoms with Crippen LogP contribution in [-0.4, -0.2) is 42.8 Å². The highest BCUT2D eigenvalue weighted by molar-refractivity contribution is 9.10. The molecule has 0 saturated carbocycles. The smallest absolute Gasteiger partial charge is 0.142 e. The van der Waals surface area contributed by atoms with E-state index < -0.39 is 5.41 Å². The van der Waals surface area contributed by atoms with E-state index in [9.17, 15) is 9.50 Å². The molecule has 0 aromatic heterocycles. The molecular weight excluding hydrogens is 323 g/mol. The molecule has 0 spiro atoms. The maximum Gasteiger partial charge on any atom is 0.142 e. The van der Waals surface area contributed by atoms with E-state index in [1.807, 2.05) is 26.0 Å².